The molecule has 1 aromatic carbocycles. The van der Waals surface area contributed by atoms with Crippen molar-refractivity contribution >= 4 is 17.4 Å². The molecule has 0 N–H and O–H groups in total. The first kappa shape index (κ1) is 21.2. The van der Waals surface area contributed by atoms with E-state index in [-0.39, 0.29) is 11.9 Å². The molecule has 1 saturated carbocycles. The zero-order chi connectivity index (χ0) is 23.5. The van der Waals surface area contributed by atoms with E-state index in [2.05, 4.69) is 43.8 Å². The maximum absolute atomic E-state index is 12.2. The predicted octanol–water partition coefficient (Wildman–Crippen LogP) is 4.03. The lowest BCUT2D eigenvalue weighted by Crippen LogP contribution is -2.35. The summed E-state index contributed by atoms with van der Waals surface area (Å²) in [6, 6.07) is 7.70. The van der Waals surface area contributed by atoms with Gasteiger partial charge < -0.3 is 14.5 Å². The number of aryl methyl sites for hydroxylation is 1. The highest BCUT2D eigenvalue weighted by molar-refractivity contribution is 5.76. The SMILES string of the molecule is CC(=O)N1CCc2c(c(N3CCCc4cc(-c5cnn(C6CC6)c5)ccc43)nn2[C@H]2CCOC2)C1. The summed E-state index contributed by atoms with van der Waals surface area (Å²) < 4.78 is 10.0. The number of benzene rings is 1. The van der Waals surface area contributed by atoms with Gasteiger partial charge in [-0.2, -0.15) is 10.2 Å². The fraction of sp³-hybridized carbons (Fsp3) is 0.519. The van der Waals surface area contributed by atoms with Crippen LogP contribution in [0.3, 0.4) is 0 Å². The molecule has 7 rings (SSSR count). The third kappa shape index (κ3) is 3.66. The van der Waals surface area contributed by atoms with Crippen molar-refractivity contribution in [1.29, 1.82) is 0 Å². The minimum atomic E-state index is 0.133. The highest BCUT2D eigenvalue weighted by Gasteiger charge is 2.34. The Bertz CT molecular complexity index is 1280. The van der Waals surface area contributed by atoms with Gasteiger partial charge in [-0.3, -0.25) is 14.2 Å². The van der Waals surface area contributed by atoms with E-state index in [1.807, 2.05) is 11.1 Å². The smallest absolute Gasteiger partial charge is 0.219 e. The van der Waals surface area contributed by atoms with Crippen LogP contribution in [0.1, 0.15) is 61.5 Å². The summed E-state index contributed by atoms with van der Waals surface area (Å²) in [4.78, 5) is 16.6. The quantitative estimate of drug-likeness (QED) is 0.574. The molecule has 0 spiro atoms. The number of carbonyl (C=O) groups excluding carboxylic acids is 1. The van der Waals surface area contributed by atoms with E-state index in [4.69, 9.17) is 9.84 Å². The van der Waals surface area contributed by atoms with Crippen molar-refractivity contribution in [2.24, 2.45) is 0 Å². The van der Waals surface area contributed by atoms with Gasteiger partial charge in [0.25, 0.3) is 0 Å². The Labute approximate surface area is 205 Å². The fourth-order valence-electron chi connectivity index (χ4n) is 5.95. The van der Waals surface area contributed by atoms with Crippen molar-refractivity contribution < 1.29 is 9.53 Å². The highest BCUT2D eigenvalue weighted by Crippen LogP contribution is 2.41. The topological polar surface area (TPSA) is 68.4 Å². The van der Waals surface area contributed by atoms with E-state index in [1.54, 1.807) is 6.92 Å². The molecule has 3 aromatic rings. The van der Waals surface area contributed by atoms with Gasteiger partial charge in [-0.05, 0) is 55.4 Å². The molecular formula is C27H32N6O2. The second kappa shape index (κ2) is 8.22. The lowest BCUT2D eigenvalue weighted by molar-refractivity contribution is -0.129. The standard InChI is InChI=1S/C27H32N6O2/c1-18(34)30-11-8-26-24(16-30)27(29-33(26)23-9-12-35-17-23)31-10-2-3-20-13-19(4-7-25(20)31)21-14-28-32(15-21)22-5-6-22/h4,7,13-15,22-23H,2-3,5-6,8-12,16-17H2,1H3/t23-/m0/s1. The van der Waals surface area contributed by atoms with Crippen LogP contribution in [0, 0.1) is 0 Å². The molecule has 182 valence electrons. The molecule has 4 aliphatic rings. The molecule has 1 amide bonds. The van der Waals surface area contributed by atoms with Crippen LogP contribution in [0.5, 0.6) is 0 Å². The molecule has 0 unspecified atom stereocenters. The summed E-state index contributed by atoms with van der Waals surface area (Å²) in [5.41, 5.74) is 7.52. The van der Waals surface area contributed by atoms with Crippen LogP contribution in [0.25, 0.3) is 11.1 Å². The second-order valence-corrected chi connectivity index (χ2v) is 10.4. The van der Waals surface area contributed by atoms with Crippen LogP contribution >= 0.6 is 0 Å². The average Bonchev–Trinajstić information content (AvgIpc) is 3.26. The number of carbonyl (C=O) groups is 1. The predicted molar refractivity (Wildman–Crippen MR) is 133 cm³/mol. The molecule has 1 saturated heterocycles. The molecule has 2 aromatic heterocycles. The third-order valence-electron chi connectivity index (χ3n) is 8.07. The number of anilines is 2. The normalized spacial score (nSPS) is 21.8. The molecule has 8 nitrogen and oxygen atoms in total. The van der Waals surface area contributed by atoms with Crippen LogP contribution in [0.4, 0.5) is 11.5 Å². The van der Waals surface area contributed by atoms with Crippen LogP contribution in [0.2, 0.25) is 0 Å². The van der Waals surface area contributed by atoms with Gasteiger partial charge in [-0.25, -0.2) is 0 Å². The Kier molecular flexibility index (Phi) is 4.98. The summed E-state index contributed by atoms with van der Waals surface area (Å²) in [5.74, 6) is 1.15. The molecular weight excluding hydrogens is 440 g/mol. The number of hydrogen-bond donors (Lipinski definition) is 0. The number of aromatic nitrogens is 4. The molecule has 8 heteroatoms. The molecule has 5 heterocycles. The Balaban J connectivity index is 1.27. The Morgan fingerprint density at radius 2 is 2.00 bits per heavy atom. The van der Waals surface area contributed by atoms with Crippen LogP contribution in [-0.2, 0) is 28.9 Å². The Hall–Kier alpha value is -3.13. The molecule has 3 aliphatic heterocycles. The van der Waals surface area contributed by atoms with Gasteiger partial charge in [-0.15, -0.1) is 0 Å². The van der Waals surface area contributed by atoms with Gasteiger partial charge in [0.15, 0.2) is 5.82 Å². The molecule has 1 atom stereocenters. The van der Waals surface area contributed by atoms with Gasteiger partial charge in [0.05, 0.1) is 31.4 Å². The maximum atomic E-state index is 12.2. The zero-order valence-electron chi connectivity index (χ0n) is 20.3. The Morgan fingerprint density at radius 1 is 1.09 bits per heavy atom. The third-order valence-corrected chi connectivity index (χ3v) is 8.07. The number of hydrogen-bond acceptors (Lipinski definition) is 5. The fourth-order valence-corrected chi connectivity index (χ4v) is 5.95. The highest BCUT2D eigenvalue weighted by atomic mass is 16.5. The second-order valence-electron chi connectivity index (χ2n) is 10.4. The first-order valence-corrected chi connectivity index (χ1v) is 13.0. The summed E-state index contributed by atoms with van der Waals surface area (Å²) >= 11 is 0. The minimum absolute atomic E-state index is 0.133. The zero-order valence-corrected chi connectivity index (χ0v) is 20.3. The van der Waals surface area contributed by atoms with Crippen LogP contribution in [0.15, 0.2) is 30.6 Å². The summed E-state index contributed by atoms with van der Waals surface area (Å²) in [6.07, 6.45) is 10.7. The largest absolute Gasteiger partial charge is 0.379 e. The maximum Gasteiger partial charge on any atom is 0.219 e. The van der Waals surface area contributed by atoms with Crippen molar-refractivity contribution in [2.45, 2.75) is 64.1 Å². The van der Waals surface area contributed by atoms with Gasteiger partial charge in [-0.1, -0.05) is 6.07 Å². The molecule has 1 aliphatic carbocycles. The summed E-state index contributed by atoms with van der Waals surface area (Å²) in [6.45, 7) is 5.52. The molecule has 0 bridgehead atoms. The van der Waals surface area contributed by atoms with Gasteiger partial charge in [0.2, 0.25) is 5.91 Å². The minimum Gasteiger partial charge on any atom is -0.379 e. The van der Waals surface area contributed by atoms with E-state index < -0.39 is 0 Å². The van der Waals surface area contributed by atoms with E-state index in [0.29, 0.717) is 12.6 Å². The summed E-state index contributed by atoms with van der Waals surface area (Å²) in [7, 11) is 0. The lowest BCUT2D eigenvalue weighted by atomic mass is 9.96. The van der Waals surface area contributed by atoms with Gasteiger partial charge >= 0.3 is 0 Å². The first-order valence-electron chi connectivity index (χ1n) is 13.0. The van der Waals surface area contributed by atoms with E-state index >= 15 is 0 Å². The number of amides is 1. The number of ether oxygens (including phenoxy) is 1. The van der Waals surface area contributed by atoms with Crippen molar-refractivity contribution in [3.63, 3.8) is 0 Å². The number of rotatable bonds is 4. The van der Waals surface area contributed by atoms with E-state index in [1.165, 1.54) is 46.5 Å². The molecule has 2 fully saturated rings. The molecule has 35 heavy (non-hydrogen) atoms. The Morgan fingerprint density at radius 3 is 2.80 bits per heavy atom. The van der Waals surface area contributed by atoms with E-state index in [9.17, 15) is 4.79 Å². The summed E-state index contributed by atoms with van der Waals surface area (Å²) in [5, 5.41) is 9.80. The van der Waals surface area contributed by atoms with Crippen molar-refractivity contribution in [3.8, 4) is 11.1 Å². The monoisotopic (exact) mass is 472 g/mol. The van der Waals surface area contributed by atoms with E-state index in [0.717, 1.165) is 57.8 Å². The average molecular weight is 473 g/mol. The first-order chi connectivity index (χ1) is 17.2. The van der Waals surface area contributed by atoms with Crippen LogP contribution in [-0.4, -0.2) is 56.7 Å². The molecule has 0 radical (unpaired) electrons. The van der Waals surface area contributed by atoms with Crippen molar-refractivity contribution in [2.75, 3.05) is 31.2 Å². The van der Waals surface area contributed by atoms with Crippen molar-refractivity contribution in [3.05, 3.63) is 47.4 Å². The number of fused-ring (bicyclic) bond motifs is 2. The lowest BCUT2D eigenvalue weighted by Gasteiger charge is -2.32. The van der Waals surface area contributed by atoms with Gasteiger partial charge in [0, 0.05) is 61.7 Å². The van der Waals surface area contributed by atoms with Crippen molar-refractivity contribution in [1.82, 2.24) is 24.5 Å². The number of nitrogens with zero attached hydrogens (tertiary/aromatic N) is 6. The van der Waals surface area contributed by atoms with Gasteiger partial charge in [0.1, 0.15) is 0 Å². The van der Waals surface area contributed by atoms with Crippen LogP contribution < -0.4 is 4.90 Å².